The third-order valence-electron chi connectivity index (χ3n) is 4.68. The number of amides is 1. The molecule has 1 amide bonds. The van der Waals surface area contributed by atoms with Crippen LogP contribution in [0.15, 0.2) is 12.3 Å². The zero-order valence-electron chi connectivity index (χ0n) is 12.1. The van der Waals surface area contributed by atoms with E-state index in [0.717, 1.165) is 12.8 Å². The van der Waals surface area contributed by atoms with E-state index in [4.69, 9.17) is 11.6 Å². The quantitative estimate of drug-likeness (QED) is 0.933. The summed E-state index contributed by atoms with van der Waals surface area (Å²) in [6.45, 7) is 3.98. The lowest BCUT2D eigenvalue weighted by atomic mass is 9.89. The lowest BCUT2D eigenvalue weighted by Gasteiger charge is -2.24. The molecule has 6 heteroatoms. The van der Waals surface area contributed by atoms with Crippen molar-refractivity contribution >= 4 is 23.5 Å². The van der Waals surface area contributed by atoms with Gasteiger partial charge in [0.2, 0.25) is 0 Å². The van der Waals surface area contributed by atoms with Gasteiger partial charge in [-0.3, -0.25) is 9.59 Å². The van der Waals surface area contributed by atoms with E-state index in [1.807, 2.05) is 18.4 Å². The van der Waals surface area contributed by atoms with E-state index in [2.05, 4.69) is 0 Å². The maximum Gasteiger partial charge on any atom is 0.308 e. The van der Waals surface area contributed by atoms with Gasteiger partial charge in [-0.15, -0.1) is 0 Å². The number of halogens is 1. The molecule has 2 fully saturated rings. The monoisotopic (exact) mass is 310 g/mol. The van der Waals surface area contributed by atoms with Gasteiger partial charge in [0.05, 0.1) is 10.9 Å². The number of hydrogen-bond donors (Lipinski definition) is 1. The number of carboxylic acids is 1. The summed E-state index contributed by atoms with van der Waals surface area (Å²) in [5, 5.41) is 9.82. The molecule has 0 aliphatic carbocycles. The summed E-state index contributed by atoms with van der Waals surface area (Å²) in [7, 11) is 0. The number of hydrogen-bond acceptors (Lipinski definition) is 2. The lowest BCUT2D eigenvalue weighted by Crippen LogP contribution is -2.38. The summed E-state index contributed by atoms with van der Waals surface area (Å²) in [5.74, 6) is -1.31. The van der Waals surface area contributed by atoms with Gasteiger partial charge < -0.3 is 14.6 Å². The van der Waals surface area contributed by atoms with Gasteiger partial charge in [-0.25, -0.2) is 0 Å². The summed E-state index contributed by atoms with van der Waals surface area (Å²) in [4.78, 5) is 26.0. The molecule has 2 saturated heterocycles. The van der Waals surface area contributed by atoms with Gasteiger partial charge in [0, 0.05) is 24.3 Å². The van der Waals surface area contributed by atoms with E-state index in [9.17, 15) is 14.7 Å². The number of nitrogens with zero attached hydrogens (tertiary/aromatic N) is 2. The van der Waals surface area contributed by atoms with Crippen LogP contribution in [-0.2, 0) is 4.79 Å². The second-order valence-electron chi connectivity index (χ2n) is 6.24. The molecule has 0 saturated carbocycles. The first-order valence-corrected chi connectivity index (χ1v) is 7.70. The third-order valence-corrected chi connectivity index (χ3v) is 4.89. The molecule has 2 bridgehead atoms. The molecule has 0 spiro atoms. The molecule has 3 heterocycles. The molecule has 2 aliphatic rings. The summed E-state index contributed by atoms with van der Waals surface area (Å²) < 4.78 is 1.86. The summed E-state index contributed by atoms with van der Waals surface area (Å²) in [5.41, 5.74) is 0.554. The predicted octanol–water partition coefficient (Wildman–Crippen LogP) is 2.80. The topological polar surface area (TPSA) is 62.5 Å². The van der Waals surface area contributed by atoms with E-state index in [0.29, 0.717) is 17.1 Å². The Morgan fingerprint density at radius 3 is 2.67 bits per heavy atom. The molecular formula is C15H19ClN2O3. The van der Waals surface area contributed by atoms with Crippen molar-refractivity contribution in [2.75, 3.05) is 0 Å². The van der Waals surface area contributed by atoms with Crippen LogP contribution >= 0.6 is 11.6 Å². The molecule has 1 N–H and O–H groups in total. The number of carboxylic acid groups (broad SMARTS) is 1. The van der Waals surface area contributed by atoms with Gasteiger partial charge in [0.1, 0.15) is 5.69 Å². The Kier molecular flexibility index (Phi) is 3.48. The van der Waals surface area contributed by atoms with Crippen LogP contribution in [0.2, 0.25) is 5.02 Å². The number of aliphatic carboxylic acids is 1. The third kappa shape index (κ3) is 2.24. The van der Waals surface area contributed by atoms with Crippen molar-refractivity contribution in [2.24, 2.45) is 5.92 Å². The van der Waals surface area contributed by atoms with Crippen LogP contribution in [-0.4, -0.2) is 38.5 Å². The van der Waals surface area contributed by atoms with Crippen molar-refractivity contribution in [2.45, 2.75) is 51.2 Å². The molecule has 0 aromatic carbocycles. The minimum absolute atomic E-state index is 0.0536. The zero-order valence-corrected chi connectivity index (χ0v) is 12.9. The van der Waals surface area contributed by atoms with Gasteiger partial charge >= 0.3 is 5.97 Å². The highest BCUT2D eigenvalue weighted by Gasteiger charge is 2.51. The van der Waals surface area contributed by atoms with Crippen LogP contribution in [0.4, 0.5) is 0 Å². The fraction of sp³-hybridized carbons (Fsp3) is 0.600. The van der Waals surface area contributed by atoms with E-state index in [-0.39, 0.29) is 24.0 Å². The predicted molar refractivity (Wildman–Crippen MR) is 78.5 cm³/mol. The van der Waals surface area contributed by atoms with Crippen molar-refractivity contribution in [1.82, 2.24) is 9.47 Å². The van der Waals surface area contributed by atoms with Gasteiger partial charge in [0.25, 0.3) is 5.91 Å². The molecule has 0 radical (unpaired) electrons. The zero-order chi connectivity index (χ0) is 15.3. The highest BCUT2D eigenvalue weighted by Crippen LogP contribution is 2.42. The molecule has 3 atom stereocenters. The molecule has 5 nitrogen and oxygen atoms in total. The van der Waals surface area contributed by atoms with Crippen molar-refractivity contribution < 1.29 is 14.7 Å². The standard InChI is InChI=1S/C15H19ClN2O3/c1-8(2)17-7-9(16)5-13(17)14(19)18-10-3-4-12(18)11(6-10)15(20)21/h5,7-8,10-12H,3-4,6H2,1-2H3,(H,20,21). The largest absolute Gasteiger partial charge is 0.481 e. The van der Waals surface area contributed by atoms with E-state index in [1.165, 1.54) is 0 Å². The average Bonchev–Trinajstić information content (AvgIpc) is 3.09. The van der Waals surface area contributed by atoms with Crippen LogP contribution in [0.25, 0.3) is 0 Å². The Morgan fingerprint density at radius 1 is 1.38 bits per heavy atom. The Labute approximate surface area is 128 Å². The number of carbonyl (C=O) groups excluding carboxylic acids is 1. The molecule has 3 rings (SSSR count). The average molecular weight is 311 g/mol. The molecule has 1 aromatic rings. The maximum absolute atomic E-state index is 12.9. The lowest BCUT2D eigenvalue weighted by molar-refractivity contribution is -0.142. The summed E-state index contributed by atoms with van der Waals surface area (Å²) in [6, 6.07) is 1.69. The highest BCUT2D eigenvalue weighted by molar-refractivity contribution is 6.31. The fourth-order valence-electron chi connectivity index (χ4n) is 3.75. The Bertz CT molecular complexity index is 596. The van der Waals surface area contributed by atoms with E-state index < -0.39 is 11.9 Å². The number of fused-ring (bicyclic) bond motifs is 2. The van der Waals surface area contributed by atoms with Crippen molar-refractivity contribution in [1.29, 1.82) is 0 Å². The van der Waals surface area contributed by atoms with Gasteiger partial charge in [-0.05, 0) is 39.2 Å². The minimum Gasteiger partial charge on any atom is -0.481 e. The highest BCUT2D eigenvalue weighted by atomic mass is 35.5. The molecular weight excluding hydrogens is 292 g/mol. The Morgan fingerprint density at radius 2 is 2.10 bits per heavy atom. The molecule has 114 valence electrons. The van der Waals surface area contributed by atoms with Gasteiger partial charge in [-0.2, -0.15) is 0 Å². The van der Waals surface area contributed by atoms with Crippen LogP contribution in [0.5, 0.6) is 0 Å². The molecule has 1 aromatic heterocycles. The number of carbonyl (C=O) groups is 2. The fourth-order valence-corrected chi connectivity index (χ4v) is 3.96. The van der Waals surface area contributed by atoms with Gasteiger partial charge in [0.15, 0.2) is 0 Å². The normalized spacial score (nSPS) is 27.6. The number of rotatable bonds is 3. The Balaban J connectivity index is 1.92. The molecule has 3 unspecified atom stereocenters. The minimum atomic E-state index is -0.794. The first-order valence-electron chi connectivity index (χ1n) is 7.33. The van der Waals surface area contributed by atoms with E-state index >= 15 is 0 Å². The second kappa shape index (κ2) is 5.05. The van der Waals surface area contributed by atoms with E-state index in [1.54, 1.807) is 17.2 Å². The van der Waals surface area contributed by atoms with Crippen molar-refractivity contribution in [3.8, 4) is 0 Å². The van der Waals surface area contributed by atoms with Crippen molar-refractivity contribution in [3.05, 3.63) is 23.0 Å². The van der Waals surface area contributed by atoms with Crippen LogP contribution in [0.1, 0.15) is 49.6 Å². The SMILES string of the molecule is CC(C)n1cc(Cl)cc1C(=O)N1C2CCC1C(C(=O)O)C2. The van der Waals surface area contributed by atoms with Crippen LogP contribution < -0.4 is 0 Å². The van der Waals surface area contributed by atoms with Crippen LogP contribution in [0, 0.1) is 5.92 Å². The number of aromatic nitrogens is 1. The first kappa shape index (κ1) is 14.4. The smallest absolute Gasteiger partial charge is 0.308 e. The maximum atomic E-state index is 12.9. The summed E-state index contributed by atoms with van der Waals surface area (Å²) >= 11 is 6.04. The van der Waals surface area contributed by atoms with Crippen LogP contribution in [0.3, 0.4) is 0 Å². The second-order valence-corrected chi connectivity index (χ2v) is 6.67. The summed E-state index contributed by atoms with van der Waals surface area (Å²) in [6.07, 6.45) is 4.01. The van der Waals surface area contributed by atoms with Crippen molar-refractivity contribution in [3.63, 3.8) is 0 Å². The molecule has 2 aliphatic heterocycles. The Hall–Kier alpha value is -1.49. The molecule has 21 heavy (non-hydrogen) atoms. The van der Waals surface area contributed by atoms with Gasteiger partial charge in [-0.1, -0.05) is 11.6 Å². The first-order chi connectivity index (χ1) is 9.90.